The molecule has 0 unspecified atom stereocenters. The number of anilines is 4. The molecule has 0 radical (unpaired) electrons. The van der Waals surface area contributed by atoms with Crippen LogP contribution in [0.25, 0.3) is 11.1 Å². The number of β-amino-alcohol motifs (C(OH)–C–C–N with tert-alkyl or cyclic N) is 1. The molecule has 2 aromatic heterocycles. The third-order valence-corrected chi connectivity index (χ3v) is 8.21. The van der Waals surface area contributed by atoms with Crippen molar-refractivity contribution in [3.8, 4) is 0 Å². The maximum absolute atomic E-state index is 11.6. The Labute approximate surface area is 223 Å². The third-order valence-electron chi connectivity index (χ3n) is 8.21. The third kappa shape index (κ3) is 5.28. The summed E-state index contributed by atoms with van der Waals surface area (Å²) < 4.78 is 5.78. The number of likely N-dealkylation sites (tertiary alicyclic amines) is 1. The number of benzene rings is 1. The molecule has 0 saturated carbocycles. The average molecular weight is 520 g/mol. The van der Waals surface area contributed by atoms with E-state index in [1.54, 1.807) is 13.2 Å². The van der Waals surface area contributed by atoms with Gasteiger partial charge in [-0.15, -0.1) is 0 Å². The number of nitrogens with one attached hydrogen (secondary N) is 1. The highest BCUT2D eigenvalue weighted by atomic mass is 16.3. The van der Waals surface area contributed by atoms with Crippen LogP contribution < -0.4 is 15.1 Å². The van der Waals surface area contributed by atoms with E-state index in [9.17, 15) is 9.90 Å². The van der Waals surface area contributed by atoms with Crippen molar-refractivity contribution in [3.05, 3.63) is 36.6 Å². The van der Waals surface area contributed by atoms with Crippen LogP contribution in [-0.4, -0.2) is 95.3 Å². The lowest BCUT2D eigenvalue weighted by molar-refractivity contribution is -0.129. The number of hydrogen-bond acceptors (Lipinski definition) is 9. The van der Waals surface area contributed by atoms with E-state index in [1.165, 1.54) is 12.8 Å². The maximum Gasteiger partial charge on any atom is 0.229 e. The number of carbonyl (C=O) groups excluding carboxylic acids is 1. The maximum atomic E-state index is 11.6. The average Bonchev–Trinajstić information content (AvgIpc) is 3.61. The first-order valence-electron chi connectivity index (χ1n) is 13.8. The van der Waals surface area contributed by atoms with E-state index in [1.807, 2.05) is 23.1 Å². The molecule has 3 saturated heterocycles. The zero-order chi connectivity index (χ0) is 26.1. The summed E-state index contributed by atoms with van der Waals surface area (Å²) in [7, 11) is 0. The summed E-state index contributed by atoms with van der Waals surface area (Å²) in [5, 5.41) is 14.6. The lowest BCUT2D eigenvalue weighted by atomic mass is 9.91. The molecule has 10 nitrogen and oxygen atoms in total. The van der Waals surface area contributed by atoms with Gasteiger partial charge in [0.2, 0.25) is 11.9 Å². The molecule has 10 heteroatoms. The number of piperazine rings is 1. The van der Waals surface area contributed by atoms with E-state index in [0.29, 0.717) is 24.4 Å². The van der Waals surface area contributed by atoms with E-state index in [2.05, 4.69) is 37.1 Å². The van der Waals surface area contributed by atoms with Crippen LogP contribution in [0.2, 0.25) is 0 Å². The van der Waals surface area contributed by atoms with E-state index >= 15 is 0 Å². The van der Waals surface area contributed by atoms with Crippen LogP contribution in [0.5, 0.6) is 0 Å². The van der Waals surface area contributed by atoms with Crippen LogP contribution >= 0.6 is 0 Å². The summed E-state index contributed by atoms with van der Waals surface area (Å²) in [6, 6.07) is 10.1. The molecule has 0 bridgehead atoms. The second kappa shape index (κ2) is 10.4. The number of rotatable bonds is 6. The number of nitrogens with zero attached hydrogens (tertiary/aromatic N) is 6. The number of furan rings is 1. The first kappa shape index (κ1) is 24.9. The van der Waals surface area contributed by atoms with Crippen LogP contribution in [0.3, 0.4) is 0 Å². The van der Waals surface area contributed by atoms with Crippen molar-refractivity contribution in [1.82, 2.24) is 19.8 Å². The lowest BCUT2D eigenvalue weighted by Crippen LogP contribution is -2.50. The summed E-state index contributed by atoms with van der Waals surface area (Å²) in [5.41, 5.74) is 2.84. The molecule has 202 valence electrons. The Morgan fingerprint density at radius 1 is 0.947 bits per heavy atom. The van der Waals surface area contributed by atoms with E-state index in [-0.39, 0.29) is 5.91 Å². The van der Waals surface area contributed by atoms with Crippen molar-refractivity contribution in [2.45, 2.75) is 38.2 Å². The Kier molecular flexibility index (Phi) is 6.84. The Morgan fingerprint density at radius 3 is 2.34 bits per heavy atom. The second-order valence-corrected chi connectivity index (χ2v) is 10.9. The zero-order valence-corrected chi connectivity index (χ0v) is 22.1. The second-order valence-electron chi connectivity index (χ2n) is 10.9. The molecule has 6 rings (SSSR count). The Hall–Kier alpha value is -3.37. The van der Waals surface area contributed by atoms with Gasteiger partial charge in [-0.2, -0.15) is 4.98 Å². The first-order valence-corrected chi connectivity index (χ1v) is 13.8. The van der Waals surface area contributed by atoms with Gasteiger partial charge in [-0.3, -0.25) is 4.79 Å². The normalized spacial score (nSPS) is 20.3. The minimum absolute atomic E-state index is 0.139. The molecule has 38 heavy (non-hydrogen) atoms. The van der Waals surface area contributed by atoms with Crippen molar-refractivity contribution in [1.29, 1.82) is 0 Å². The fourth-order valence-electron chi connectivity index (χ4n) is 5.93. The summed E-state index contributed by atoms with van der Waals surface area (Å²) in [4.78, 5) is 29.9. The molecule has 3 aliphatic heterocycles. The van der Waals surface area contributed by atoms with Crippen molar-refractivity contribution >= 4 is 40.1 Å². The fraction of sp³-hybridized carbons (Fsp3) is 0.536. The number of carbonyl (C=O) groups is 1. The van der Waals surface area contributed by atoms with E-state index in [0.717, 1.165) is 81.6 Å². The largest absolute Gasteiger partial charge is 0.459 e. The predicted molar refractivity (Wildman–Crippen MR) is 148 cm³/mol. The summed E-state index contributed by atoms with van der Waals surface area (Å²) in [6.45, 7) is 9.20. The number of fused-ring (bicyclic) bond motifs is 1. The minimum atomic E-state index is -0.641. The molecule has 2 N–H and O–H groups in total. The van der Waals surface area contributed by atoms with Crippen molar-refractivity contribution in [2.75, 3.05) is 74.0 Å². The lowest BCUT2D eigenvalue weighted by Gasteiger charge is -2.40. The molecule has 3 aromatic rings. The summed E-state index contributed by atoms with van der Waals surface area (Å²) in [6.07, 6.45) is 5.54. The standard InChI is InChI=1S/C28H37N7O3/c1-21(36)33-15-17-34(18-16-33)23-6-4-22(5-7-23)29-27-30-24-8-19-38-25(24)26(31-27)35-13-9-28(37,10-14-35)20-32-11-2-3-12-32/h4-8,19,37H,2-3,9-18,20H2,1H3,(H,29,30,31). The van der Waals surface area contributed by atoms with Gasteiger partial charge < -0.3 is 34.4 Å². The van der Waals surface area contributed by atoms with Crippen LogP contribution in [0, 0.1) is 0 Å². The molecule has 0 atom stereocenters. The fourth-order valence-corrected chi connectivity index (χ4v) is 5.93. The summed E-state index contributed by atoms with van der Waals surface area (Å²) in [5.74, 6) is 1.43. The first-order chi connectivity index (χ1) is 18.5. The van der Waals surface area contributed by atoms with Gasteiger partial charge in [0.15, 0.2) is 11.4 Å². The quantitative estimate of drug-likeness (QED) is 0.509. The van der Waals surface area contributed by atoms with Gasteiger partial charge in [-0.05, 0) is 63.0 Å². The van der Waals surface area contributed by atoms with Crippen LogP contribution in [-0.2, 0) is 4.79 Å². The topological polar surface area (TPSA) is 101 Å². The minimum Gasteiger partial charge on any atom is -0.459 e. The number of aliphatic hydroxyl groups is 1. The Morgan fingerprint density at radius 2 is 1.66 bits per heavy atom. The van der Waals surface area contributed by atoms with Crippen molar-refractivity contribution in [2.24, 2.45) is 0 Å². The molecular weight excluding hydrogens is 482 g/mol. The molecule has 0 aliphatic carbocycles. The molecule has 1 amide bonds. The highest BCUT2D eigenvalue weighted by molar-refractivity contribution is 5.85. The van der Waals surface area contributed by atoms with E-state index in [4.69, 9.17) is 9.40 Å². The van der Waals surface area contributed by atoms with Gasteiger partial charge in [-0.25, -0.2) is 4.98 Å². The van der Waals surface area contributed by atoms with Gasteiger partial charge in [0, 0.05) is 70.2 Å². The van der Waals surface area contributed by atoms with Crippen LogP contribution in [0.1, 0.15) is 32.6 Å². The SMILES string of the molecule is CC(=O)N1CCN(c2ccc(Nc3nc(N4CCC(O)(CN5CCCC5)CC4)c4occc4n3)cc2)CC1. The van der Waals surface area contributed by atoms with Crippen LogP contribution in [0.4, 0.5) is 23.1 Å². The number of aromatic nitrogens is 2. The van der Waals surface area contributed by atoms with Gasteiger partial charge in [0.1, 0.15) is 5.52 Å². The molecule has 5 heterocycles. The Bertz CT molecular complexity index is 1260. The molecule has 3 fully saturated rings. The number of piperidine rings is 1. The zero-order valence-electron chi connectivity index (χ0n) is 22.1. The monoisotopic (exact) mass is 519 g/mol. The predicted octanol–water partition coefficient (Wildman–Crippen LogP) is 3.06. The van der Waals surface area contributed by atoms with Gasteiger partial charge in [-0.1, -0.05) is 0 Å². The van der Waals surface area contributed by atoms with Gasteiger partial charge >= 0.3 is 0 Å². The highest BCUT2D eigenvalue weighted by Crippen LogP contribution is 2.33. The molecule has 3 aliphatic rings. The molecular formula is C28H37N7O3. The summed E-state index contributed by atoms with van der Waals surface area (Å²) >= 11 is 0. The molecule has 0 spiro atoms. The highest BCUT2D eigenvalue weighted by Gasteiger charge is 2.36. The van der Waals surface area contributed by atoms with Gasteiger partial charge in [0.05, 0.1) is 11.9 Å². The Balaban J connectivity index is 1.13. The van der Waals surface area contributed by atoms with Crippen LogP contribution in [0.15, 0.2) is 41.0 Å². The number of hydrogen-bond donors (Lipinski definition) is 2. The molecule has 1 aromatic carbocycles. The van der Waals surface area contributed by atoms with Gasteiger partial charge in [0.25, 0.3) is 0 Å². The van der Waals surface area contributed by atoms with Crippen molar-refractivity contribution in [3.63, 3.8) is 0 Å². The number of amides is 1. The van der Waals surface area contributed by atoms with E-state index < -0.39 is 5.60 Å². The van der Waals surface area contributed by atoms with Crippen molar-refractivity contribution < 1.29 is 14.3 Å². The smallest absolute Gasteiger partial charge is 0.229 e.